The lowest BCUT2D eigenvalue weighted by molar-refractivity contribution is -0.233. The summed E-state index contributed by atoms with van der Waals surface area (Å²) in [5.74, 6) is -0.482. The smallest absolute Gasteiger partial charge is 0.364 e. The van der Waals surface area contributed by atoms with Crippen molar-refractivity contribution in [1.82, 2.24) is 0 Å². The number of rotatable bonds is 6. The second-order valence-corrected chi connectivity index (χ2v) is 9.11. The summed E-state index contributed by atoms with van der Waals surface area (Å²) < 4.78 is 23.1. The number of carbonyl (C=O) groups is 1. The molecule has 35 heavy (non-hydrogen) atoms. The summed E-state index contributed by atoms with van der Waals surface area (Å²) >= 11 is 0. The van der Waals surface area contributed by atoms with Crippen LogP contribution in [0.5, 0.6) is 11.5 Å². The van der Waals surface area contributed by atoms with Crippen LogP contribution in [0.25, 0.3) is 11.0 Å². The molecule has 2 heterocycles. The van der Waals surface area contributed by atoms with Gasteiger partial charge in [-0.1, -0.05) is 12.1 Å². The lowest BCUT2D eigenvalue weighted by Gasteiger charge is -2.41. The van der Waals surface area contributed by atoms with E-state index in [1.54, 1.807) is 50.4 Å². The Hall–Kier alpha value is -3.40. The number of aromatic hydroxyl groups is 1. The average molecular weight is 483 g/mol. The third-order valence-electron chi connectivity index (χ3n) is 6.33. The number of methoxy groups -OCH3 is 1. The number of fused-ring (bicyclic) bond motifs is 1. The fourth-order valence-electron chi connectivity index (χ4n) is 4.36. The lowest BCUT2D eigenvalue weighted by Crippen LogP contribution is -2.49. The number of ether oxygens (including phenoxy) is 3. The Morgan fingerprint density at radius 1 is 1.26 bits per heavy atom. The van der Waals surface area contributed by atoms with Crippen LogP contribution >= 0.6 is 0 Å². The van der Waals surface area contributed by atoms with Gasteiger partial charge in [-0.3, -0.25) is 4.79 Å². The number of hydrogen-bond donors (Lipinski definition) is 3. The van der Waals surface area contributed by atoms with Gasteiger partial charge in [0.15, 0.2) is 11.4 Å². The summed E-state index contributed by atoms with van der Waals surface area (Å²) in [6, 6.07) is 9.93. The zero-order chi connectivity index (χ0) is 25.3. The molecule has 1 saturated heterocycles. The minimum Gasteiger partial charge on any atom is -0.505 e. The van der Waals surface area contributed by atoms with Gasteiger partial charge >= 0.3 is 5.63 Å². The standard InChI is InChI=1S/C26H30N2O7/c1-14-18(33-20-11-10-19(32-4)26(2,3)35-20)9-8-17-22(29)21(25(31)34-23(14)17)28-24(30)16-7-5-6-15(12-16)13-27/h5-9,12,19-20,29H,10-11,13,27H2,1-4H3,(H,28,30)/t19-,20-/m1/s1. The molecule has 0 bridgehead atoms. The van der Waals surface area contributed by atoms with Gasteiger partial charge in [-0.15, -0.1) is 0 Å². The van der Waals surface area contributed by atoms with E-state index in [1.807, 2.05) is 13.8 Å². The minimum atomic E-state index is -0.878. The fraction of sp³-hybridized carbons (Fsp3) is 0.385. The van der Waals surface area contributed by atoms with Crippen LogP contribution in [-0.4, -0.2) is 36.1 Å². The summed E-state index contributed by atoms with van der Waals surface area (Å²) in [6.45, 7) is 5.89. The summed E-state index contributed by atoms with van der Waals surface area (Å²) in [4.78, 5) is 25.4. The molecular formula is C26H30N2O7. The number of nitrogens with two attached hydrogens (primary N) is 1. The molecule has 1 aliphatic heterocycles. The van der Waals surface area contributed by atoms with Gasteiger partial charge in [0, 0.05) is 31.2 Å². The Morgan fingerprint density at radius 2 is 2.03 bits per heavy atom. The van der Waals surface area contributed by atoms with Crippen molar-refractivity contribution in [3.05, 3.63) is 63.5 Å². The van der Waals surface area contributed by atoms with Crippen molar-refractivity contribution >= 4 is 22.6 Å². The monoisotopic (exact) mass is 482 g/mol. The molecule has 186 valence electrons. The predicted molar refractivity (Wildman–Crippen MR) is 131 cm³/mol. The van der Waals surface area contributed by atoms with E-state index in [1.165, 1.54) is 0 Å². The second kappa shape index (κ2) is 9.69. The predicted octanol–water partition coefficient (Wildman–Crippen LogP) is 3.83. The maximum absolute atomic E-state index is 12.7. The number of amides is 1. The summed E-state index contributed by atoms with van der Waals surface area (Å²) in [5, 5.41) is 13.5. The molecule has 1 aliphatic rings. The molecule has 4 rings (SSSR count). The Labute approximate surface area is 202 Å². The molecule has 0 radical (unpaired) electrons. The quantitative estimate of drug-likeness (QED) is 0.452. The molecule has 2 aromatic carbocycles. The van der Waals surface area contributed by atoms with Crippen molar-refractivity contribution in [2.45, 2.75) is 58.2 Å². The van der Waals surface area contributed by atoms with Gasteiger partial charge in [-0.25, -0.2) is 4.79 Å². The summed E-state index contributed by atoms with van der Waals surface area (Å²) in [6.07, 6.45) is 0.857. The normalized spacial score (nSPS) is 19.5. The molecule has 0 aliphatic carbocycles. The molecule has 1 amide bonds. The van der Waals surface area contributed by atoms with Crippen LogP contribution in [-0.2, 0) is 16.0 Å². The van der Waals surface area contributed by atoms with Crippen molar-refractivity contribution < 1.29 is 28.5 Å². The highest BCUT2D eigenvalue weighted by molar-refractivity contribution is 6.06. The van der Waals surface area contributed by atoms with Crippen molar-refractivity contribution in [2.75, 3.05) is 12.4 Å². The number of nitrogens with one attached hydrogen (secondary N) is 1. The first-order valence-electron chi connectivity index (χ1n) is 11.4. The van der Waals surface area contributed by atoms with E-state index in [4.69, 9.17) is 24.4 Å². The highest BCUT2D eigenvalue weighted by Crippen LogP contribution is 2.37. The van der Waals surface area contributed by atoms with E-state index < -0.39 is 23.4 Å². The number of carbonyl (C=O) groups excluding carboxylic acids is 1. The average Bonchev–Trinajstić information content (AvgIpc) is 2.83. The van der Waals surface area contributed by atoms with E-state index in [9.17, 15) is 14.7 Å². The van der Waals surface area contributed by atoms with Gasteiger partial charge in [-0.2, -0.15) is 0 Å². The van der Waals surface area contributed by atoms with Gasteiger partial charge in [0.25, 0.3) is 5.91 Å². The van der Waals surface area contributed by atoms with Crippen LogP contribution in [0.2, 0.25) is 0 Å². The third kappa shape index (κ3) is 4.88. The fourth-order valence-corrected chi connectivity index (χ4v) is 4.36. The first-order valence-corrected chi connectivity index (χ1v) is 11.4. The summed E-state index contributed by atoms with van der Waals surface area (Å²) in [7, 11) is 1.66. The first kappa shape index (κ1) is 24.7. The van der Waals surface area contributed by atoms with Crippen molar-refractivity contribution in [3.8, 4) is 11.5 Å². The summed E-state index contributed by atoms with van der Waals surface area (Å²) in [5.41, 5.74) is 5.65. The SMILES string of the molecule is CO[C@@H]1CC[C@H](Oc2ccc3c(O)c(NC(=O)c4cccc(CN)c4)c(=O)oc3c2C)OC1(C)C. The lowest BCUT2D eigenvalue weighted by atomic mass is 9.94. The maximum atomic E-state index is 12.7. The van der Waals surface area contributed by atoms with E-state index >= 15 is 0 Å². The zero-order valence-electron chi connectivity index (χ0n) is 20.2. The van der Waals surface area contributed by atoms with Gasteiger partial charge in [0.1, 0.15) is 11.3 Å². The molecule has 9 heteroatoms. The Bertz CT molecular complexity index is 1320. The molecule has 0 unspecified atom stereocenters. The van der Waals surface area contributed by atoms with Gasteiger partial charge in [0.05, 0.1) is 17.1 Å². The molecule has 0 spiro atoms. The largest absolute Gasteiger partial charge is 0.505 e. The van der Waals surface area contributed by atoms with Crippen LogP contribution < -0.4 is 21.4 Å². The second-order valence-electron chi connectivity index (χ2n) is 9.11. The van der Waals surface area contributed by atoms with Crippen LogP contribution in [0.1, 0.15) is 48.2 Å². The number of benzene rings is 2. The highest BCUT2D eigenvalue weighted by Gasteiger charge is 2.39. The molecule has 2 atom stereocenters. The van der Waals surface area contributed by atoms with E-state index in [2.05, 4.69) is 5.32 Å². The van der Waals surface area contributed by atoms with Gasteiger partial charge in [-0.05, 0) is 57.0 Å². The first-order chi connectivity index (χ1) is 16.6. The minimum absolute atomic E-state index is 0.0403. The van der Waals surface area contributed by atoms with E-state index in [0.29, 0.717) is 23.3 Å². The van der Waals surface area contributed by atoms with Crippen LogP contribution in [0.15, 0.2) is 45.6 Å². The molecule has 9 nitrogen and oxygen atoms in total. The number of aryl methyl sites for hydroxylation is 1. The molecule has 1 fully saturated rings. The van der Waals surface area contributed by atoms with E-state index in [-0.39, 0.29) is 35.1 Å². The Kier molecular flexibility index (Phi) is 6.84. The zero-order valence-corrected chi connectivity index (χ0v) is 20.2. The van der Waals surface area contributed by atoms with E-state index in [0.717, 1.165) is 12.0 Å². The topological polar surface area (TPSA) is 133 Å². The molecule has 1 aromatic heterocycles. The van der Waals surface area contributed by atoms with Crippen molar-refractivity contribution in [1.29, 1.82) is 0 Å². The Morgan fingerprint density at radius 3 is 2.71 bits per heavy atom. The van der Waals surface area contributed by atoms with Crippen molar-refractivity contribution in [3.63, 3.8) is 0 Å². The molecular weight excluding hydrogens is 452 g/mol. The third-order valence-corrected chi connectivity index (χ3v) is 6.33. The number of hydrogen-bond acceptors (Lipinski definition) is 8. The molecule has 0 saturated carbocycles. The van der Waals surface area contributed by atoms with Crippen LogP contribution in [0.4, 0.5) is 5.69 Å². The highest BCUT2D eigenvalue weighted by atomic mass is 16.7. The maximum Gasteiger partial charge on any atom is 0.364 e. The molecule has 4 N–H and O–H groups in total. The van der Waals surface area contributed by atoms with Gasteiger partial charge in [0.2, 0.25) is 6.29 Å². The van der Waals surface area contributed by atoms with Crippen LogP contribution in [0, 0.1) is 6.92 Å². The number of anilines is 1. The Balaban J connectivity index is 1.61. The molecule has 3 aromatic rings. The van der Waals surface area contributed by atoms with Crippen LogP contribution in [0.3, 0.4) is 0 Å². The van der Waals surface area contributed by atoms with Gasteiger partial charge < -0.3 is 34.8 Å². The van der Waals surface area contributed by atoms with Crippen molar-refractivity contribution in [2.24, 2.45) is 5.73 Å².